The molecule has 23 heavy (non-hydrogen) atoms. The zero-order valence-corrected chi connectivity index (χ0v) is 13.6. The van der Waals surface area contributed by atoms with E-state index in [0.29, 0.717) is 11.4 Å². The molecule has 0 heterocycles. The van der Waals surface area contributed by atoms with Crippen LogP contribution in [0.1, 0.15) is 6.92 Å². The van der Waals surface area contributed by atoms with Crippen LogP contribution in [0.2, 0.25) is 0 Å². The van der Waals surface area contributed by atoms with E-state index in [-0.39, 0.29) is 12.5 Å². The first-order chi connectivity index (χ1) is 10.9. The number of carbonyl (C=O) groups excluding carboxylic acids is 3. The lowest BCUT2D eigenvalue weighted by Crippen LogP contribution is -2.47. The molecule has 0 saturated carbocycles. The molecular weight excluding hydrogens is 302 g/mol. The van der Waals surface area contributed by atoms with Gasteiger partial charge in [-0.15, -0.1) is 0 Å². The van der Waals surface area contributed by atoms with Crippen LogP contribution in [-0.2, 0) is 14.3 Å². The fourth-order valence-corrected chi connectivity index (χ4v) is 1.72. The Kier molecular flexibility index (Phi) is 7.01. The Morgan fingerprint density at radius 2 is 1.96 bits per heavy atom. The maximum absolute atomic E-state index is 12.0. The normalized spacial score (nSPS) is 11.5. The Morgan fingerprint density at radius 3 is 2.57 bits per heavy atom. The lowest BCUT2D eigenvalue weighted by Gasteiger charge is -2.22. The van der Waals surface area contributed by atoms with Gasteiger partial charge in [-0.05, 0) is 26.1 Å². The van der Waals surface area contributed by atoms with Crippen LogP contribution in [0.3, 0.4) is 0 Å². The minimum atomic E-state index is -0.837. The van der Waals surface area contributed by atoms with Crippen molar-refractivity contribution in [2.75, 3.05) is 33.1 Å². The maximum Gasteiger partial charge on any atom is 0.413 e. The Morgan fingerprint density at radius 1 is 1.26 bits per heavy atom. The third-order valence-corrected chi connectivity index (χ3v) is 3.20. The van der Waals surface area contributed by atoms with Gasteiger partial charge in [0.15, 0.2) is 0 Å². The van der Waals surface area contributed by atoms with Crippen molar-refractivity contribution < 1.29 is 23.9 Å². The van der Waals surface area contributed by atoms with Gasteiger partial charge < -0.3 is 14.8 Å². The molecule has 1 aromatic rings. The van der Waals surface area contributed by atoms with Gasteiger partial charge in [0, 0.05) is 11.8 Å². The quantitative estimate of drug-likeness (QED) is 0.805. The van der Waals surface area contributed by atoms with Gasteiger partial charge in [-0.3, -0.25) is 19.8 Å². The van der Waals surface area contributed by atoms with Crippen LogP contribution in [0.5, 0.6) is 5.75 Å². The van der Waals surface area contributed by atoms with E-state index in [1.165, 1.54) is 19.1 Å². The van der Waals surface area contributed by atoms with E-state index in [0.717, 1.165) is 0 Å². The summed E-state index contributed by atoms with van der Waals surface area (Å²) in [6, 6.07) is 6.26. The molecule has 0 aliphatic carbocycles. The van der Waals surface area contributed by atoms with Gasteiger partial charge in [-0.2, -0.15) is 0 Å². The van der Waals surface area contributed by atoms with Crippen LogP contribution in [0.15, 0.2) is 24.3 Å². The van der Waals surface area contributed by atoms with Crippen LogP contribution in [0.4, 0.5) is 10.5 Å². The van der Waals surface area contributed by atoms with E-state index in [2.05, 4.69) is 15.4 Å². The molecule has 0 saturated heterocycles. The number of ether oxygens (including phenoxy) is 2. The molecule has 0 aromatic heterocycles. The summed E-state index contributed by atoms with van der Waals surface area (Å²) < 4.78 is 9.43. The summed E-state index contributed by atoms with van der Waals surface area (Å²) in [6.45, 7) is 1.56. The molecule has 0 spiro atoms. The zero-order valence-electron chi connectivity index (χ0n) is 13.6. The highest BCUT2D eigenvalue weighted by Gasteiger charge is 2.22. The molecule has 8 heteroatoms. The van der Waals surface area contributed by atoms with Gasteiger partial charge >= 0.3 is 6.09 Å². The summed E-state index contributed by atoms with van der Waals surface area (Å²) >= 11 is 0. The average Bonchev–Trinajstić information content (AvgIpc) is 2.53. The number of likely N-dealkylation sites (N-methyl/N-ethyl adjacent to an activating group) is 1. The summed E-state index contributed by atoms with van der Waals surface area (Å²) in [4.78, 5) is 36.3. The standard InChI is InChI=1S/C15H21N3O5/c1-10(14(20)17-15(21)23-4)18(2)9-13(19)16-11-6-5-7-12(8-11)22-3/h5-8,10H,9H2,1-4H3,(H,16,19)(H,17,20,21)/t10-/m1/s1. The maximum atomic E-state index is 12.0. The average molecular weight is 323 g/mol. The number of nitrogens with zero attached hydrogens (tertiary/aromatic N) is 1. The molecule has 0 bridgehead atoms. The van der Waals surface area contributed by atoms with E-state index in [9.17, 15) is 14.4 Å². The van der Waals surface area contributed by atoms with E-state index < -0.39 is 18.0 Å². The molecule has 1 aromatic carbocycles. The number of alkyl carbamates (subject to hydrolysis) is 1. The predicted octanol–water partition coefficient (Wildman–Crippen LogP) is 0.837. The van der Waals surface area contributed by atoms with Gasteiger partial charge in [0.1, 0.15) is 5.75 Å². The van der Waals surface area contributed by atoms with E-state index in [1.807, 2.05) is 0 Å². The van der Waals surface area contributed by atoms with E-state index in [1.54, 1.807) is 38.2 Å². The Balaban J connectivity index is 2.55. The number of benzene rings is 1. The first-order valence-corrected chi connectivity index (χ1v) is 6.90. The Labute approximate surface area is 134 Å². The van der Waals surface area contributed by atoms with Gasteiger partial charge in [-0.25, -0.2) is 4.79 Å². The second-order valence-electron chi connectivity index (χ2n) is 4.85. The molecule has 3 amide bonds. The molecule has 2 N–H and O–H groups in total. The van der Waals surface area contributed by atoms with Crippen molar-refractivity contribution in [1.82, 2.24) is 10.2 Å². The largest absolute Gasteiger partial charge is 0.497 e. The van der Waals surface area contributed by atoms with Gasteiger partial charge in [0.2, 0.25) is 11.8 Å². The smallest absolute Gasteiger partial charge is 0.413 e. The van der Waals surface area contributed by atoms with Crippen LogP contribution in [0, 0.1) is 0 Å². The monoisotopic (exact) mass is 323 g/mol. The van der Waals surface area contributed by atoms with Crippen molar-refractivity contribution in [3.63, 3.8) is 0 Å². The van der Waals surface area contributed by atoms with Gasteiger partial charge in [0.05, 0.1) is 26.8 Å². The highest BCUT2D eigenvalue weighted by Crippen LogP contribution is 2.16. The van der Waals surface area contributed by atoms with Crippen LogP contribution < -0.4 is 15.4 Å². The number of carbonyl (C=O) groups is 3. The van der Waals surface area contributed by atoms with Crippen molar-refractivity contribution in [3.8, 4) is 5.75 Å². The van der Waals surface area contributed by atoms with Crippen LogP contribution in [0.25, 0.3) is 0 Å². The highest BCUT2D eigenvalue weighted by atomic mass is 16.5. The topological polar surface area (TPSA) is 97.0 Å². The van der Waals surface area contributed by atoms with E-state index in [4.69, 9.17) is 4.74 Å². The third-order valence-electron chi connectivity index (χ3n) is 3.20. The summed E-state index contributed by atoms with van der Waals surface area (Å²) in [7, 11) is 4.31. The van der Waals surface area contributed by atoms with Gasteiger partial charge in [-0.1, -0.05) is 6.07 Å². The number of hydrogen-bond acceptors (Lipinski definition) is 6. The van der Waals surface area contributed by atoms with Crippen LogP contribution >= 0.6 is 0 Å². The molecule has 0 fully saturated rings. The van der Waals surface area contributed by atoms with Crippen molar-refractivity contribution in [2.24, 2.45) is 0 Å². The molecule has 0 unspecified atom stereocenters. The second-order valence-corrected chi connectivity index (χ2v) is 4.85. The lowest BCUT2D eigenvalue weighted by molar-refractivity contribution is -0.125. The second kappa shape index (κ2) is 8.74. The lowest BCUT2D eigenvalue weighted by atomic mass is 10.2. The Bertz CT molecular complexity index is 576. The Hall–Kier alpha value is -2.61. The first-order valence-electron chi connectivity index (χ1n) is 6.90. The number of rotatable bonds is 6. The molecule has 0 aliphatic rings. The van der Waals surface area contributed by atoms with Crippen molar-refractivity contribution in [2.45, 2.75) is 13.0 Å². The number of anilines is 1. The number of imide groups is 1. The minimum absolute atomic E-state index is 0.0209. The summed E-state index contributed by atoms with van der Waals surface area (Å²) in [5.74, 6) is -0.214. The summed E-state index contributed by atoms with van der Waals surface area (Å²) in [6.07, 6.45) is -0.837. The fraction of sp³-hybridized carbons (Fsp3) is 0.400. The molecule has 0 aliphatic heterocycles. The first kappa shape index (κ1) is 18.4. The molecule has 8 nitrogen and oxygen atoms in total. The number of hydrogen-bond donors (Lipinski definition) is 2. The molecule has 126 valence electrons. The highest BCUT2D eigenvalue weighted by molar-refractivity contribution is 5.96. The van der Waals surface area contributed by atoms with Crippen molar-refractivity contribution in [1.29, 1.82) is 0 Å². The van der Waals surface area contributed by atoms with Crippen molar-refractivity contribution in [3.05, 3.63) is 24.3 Å². The number of methoxy groups -OCH3 is 2. The number of amides is 3. The van der Waals surface area contributed by atoms with Crippen molar-refractivity contribution >= 4 is 23.6 Å². The molecule has 1 atom stereocenters. The fourth-order valence-electron chi connectivity index (χ4n) is 1.72. The third kappa shape index (κ3) is 5.95. The predicted molar refractivity (Wildman–Crippen MR) is 84.3 cm³/mol. The molecular formula is C15H21N3O5. The van der Waals surface area contributed by atoms with Gasteiger partial charge in [0.25, 0.3) is 0 Å². The molecule has 0 radical (unpaired) electrons. The minimum Gasteiger partial charge on any atom is -0.497 e. The zero-order chi connectivity index (χ0) is 17.4. The number of nitrogens with one attached hydrogen (secondary N) is 2. The van der Waals surface area contributed by atoms with E-state index >= 15 is 0 Å². The SMILES string of the molecule is COC(=O)NC(=O)[C@@H](C)N(C)CC(=O)Nc1cccc(OC)c1. The summed E-state index contributed by atoms with van der Waals surface area (Å²) in [5.41, 5.74) is 0.592. The summed E-state index contributed by atoms with van der Waals surface area (Å²) in [5, 5.41) is 4.77. The molecule has 1 rings (SSSR count). The van der Waals surface area contributed by atoms with Crippen LogP contribution in [-0.4, -0.2) is 56.7 Å².